The van der Waals surface area contributed by atoms with Crippen LogP contribution in [0.5, 0.6) is 0 Å². The molecule has 168 valence electrons. The van der Waals surface area contributed by atoms with Gasteiger partial charge in [0.15, 0.2) is 0 Å². The second-order valence-corrected chi connectivity index (χ2v) is 7.68. The first kappa shape index (κ1) is 23.2. The van der Waals surface area contributed by atoms with Gasteiger partial charge in [-0.15, -0.1) is 0 Å². The minimum Gasteiger partial charge on any atom is -0.383 e. The van der Waals surface area contributed by atoms with Gasteiger partial charge in [-0.2, -0.15) is 13.2 Å². The maximum Gasteiger partial charge on any atom is 0.416 e. The summed E-state index contributed by atoms with van der Waals surface area (Å²) in [6.07, 6.45) is -3.86. The van der Waals surface area contributed by atoms with Crippen LogP contribution in [0.25, 0.3) is 0 Å². The van der Waals surface area contributed by atoms with E-state index in [1.54, 1.807) is 13.2 Å². The number of amides is 1. The molecule has 0 bridgehead atoms. The van der Waals surface area contributed by atoms with E-state index in [4.69, 9.17) is 4.74 Å². The zero-order valence-electron chi connectivity index (χ0n) is 17.5. The minimum atomic E-state index is -4.39. The van der Waals surface area contributed by atoms with Crippen LogP contribution in [0.1, 0.15) is 23.1 Å². The van der Waals surface area contributed by atoms with Crippen LogP contribution in [0.3, 0.4) is 0 Å². The maximum atomic E-state index is 13.3. The molecule has 2 aromatic rings. The number of benzene rings is 2. The van der Waals surface area contributed by atoms with Crippen LogP contribution in [0.4, 0.5) is 13.2 Å². The largest absolute Gasteiger partial charge is 0.416 e. The number of rotatable bonds is 9. The molecule has 1 fully saturated rings. The number of hydrogen-bond acceptors (Lipinski definition) is 4. The first-order valence-electron chi connectivity index (χ1n) is 10.3. The zero-order chi connectivity index (χ0) is 22.3. The SMILES string of the molecule is COCCNC(=O)[C@@H]1C[C@H](NCc2ccccc2C(F)(F)F)CN1Cc1ccccc1. The Morgan fingerprint density at radius 2 is 1.84 bits per heavy atom. The summed E-state index contributed by atoms with van der Waals surface area (Å²) in [5.41, 5.74) is 0.661. The van der Waals surface area contributed by atoms with Gasteiger partial charge >= 0.3 is 6.18 Å². The molecular weight excluding hydrogens is 407 g/mol. The van der Waals surface area contributed by atoms with E-state index in [2.05, 4.69) is 15.5 Å². The van der Waals surface area contributed by atoms with E-state index in [0.29, 0.717) is 32.7 Å². The molecule has 5 nitrogen and oxygen atoms in total. The third-order valence-electron chi connectivity index (χ3n) is 5.44. The average Bonchev–Trinajstić information content (AvgIpc) is 3.15. The summed E-state index contributed by atoms with van der Waals surface area (Å²) in [5.74, 6) is -0.0898. The van der Waals surface area contributed by atoms with Crippen LogP contribution in [0, 0.1) is 0 Å². The number of ether oxygens (including phenoxy) is 1. The molecule has 1 saturated heterocycles. The van der Waals surface area contributed by atoms with Crippen molar-refractivity contribution in [2.45, 2.75) is 37.8 Å². The van der Waals surface area contributed by atoms with Gasteiger partial charge in [0.2, 0.25) is 5.91 Å². The van der Waals surface area contributed by atoms with E-state index >= 15 is 0 Å². The summed E-state index contributed by atoms with van der Waals surface area (Å²) in [4.78, 5) is 14.8. The molecule has 1 amide bonds. The molecule has 2 N–H and O–H groups in total. The fourth-order valence-corrected chi connectivity index (χ4v) is 3.92. The highest BCUT2D eigenvalue weighted by Crippen LogP contribution is 2.32. The smallest absolute Gasteiger partial charge is 0.383 e. The molecule has 0 aliphatic carbocycles. The van der Waals surface area contributed by atoms with Gasteiger partial charge in [0.05, 0.1) is 18.2 Å². The van der Waals surface area contributed by atoms with Gasteiger partial charge in [-0.3, -0.25) is 9.69 Å². The summed E-state index contributed by atoms with van der Waals surface area (Å²) in [7, 11) is 1.57. The van der Waals surface area contributed by atoms with Crippen LogP contribution < -0.4 is 10.6 Å². The maximum absolute atomic E-state index is 13.3. The van der Waals surface area contributed by atoms with Crippen molar-refractivity contribution in [3.05, 3.63) is 71.3 Å². The predicted octanol–water partition coefficient (Wildman–Crippen LogP) is 3.20. The summed E-state index contributed by atoms with van der Waals surface area (Å²) in [5, 5.41) is 6.11. The molecule has 0 radical (unpaired) electrons. The molecule has 1 aliphatic rings. The molecule has 8 heteroatoms. The van der Waals surface area contributed by atoms with Crippen molar-refractivity contribution < 1.29 is 22.7 Å². The van der Waals surface area contributed by atoms with Crippen molar-refractivity contribution >= 4 is 5.91 Å². The average molecular weight is 435 g/mol. The van der Waals surface area contributed by atoms with Crippen LogP contribution >= 0.6 is 0 Å². The molecule has 3 rings (SSSR count). The number of halogens is 3. The van der Waals surface area contributed by atoms with Gasteiger partial charge in [0.25, 0.3) is 0 Å². The van der Waals surface area contributed by atoms with E-state index in [1.165, 1.54) is 12.1 Å². The van der Waals surface area contributed by atoms with Crippen LogP contribution in [-0.4, -0.2) is 49.7 Å². The summed E-state index contributed by atoms with van der Waals surface area (Å²) in [6, 6.07) is 15.0. The molecule has 31 heavy (non-hydrogen) atoms. The van der Waals surface area contributed by atoms with Crippen molar-refractivity contribution in [2.75, 3.05) is 26.8 Å². The minimum absolute atomic E-state index is 0.0898. The summed E-state index contributed by atoms with van der Waals surface area (Å²) < 4.78 is 44.8. The molecule has 0 unspecified atom stereocenters. The Bertz CT molecular complexity index is 845. The lowest BCUT2D eigenvalue weighted by atomic mass is 10.1. The first-order valence-corrected chi connectivity index (χ1v) is 10.3. The highest BCUT2D eigenvalue weighted by Gasteiger charge is 2.37. The van der Waals surface area contributed by atoms with Gasteiger partial charge in [-0.1, -0.05) is 48.5 Å². The Balaban J connectivity index is 1.67. The lowest BCUT2D eigenvalue weighted by Gasteiger charge is -2.23. The fraction of sp³-hybridized carbons (Fsp3) is 0.435. The fourth-order valence-electron chi connectivity index (χ4n) is 3.92. The Morgan fingerprint density at radius 3 is 2.55 bits per heavy atom. The van der Waals surface area contributed by atoms with Crippen LogP contribution in [0.2, 0.25) is 0 Å². The second-order valence-electron chi connectivity index (χ2n) is 7.68. The molecule has 2 aromatic carbocycles. The van der Waals surface area contributed by atoms with E-state index < -0.39 is 11.7 Å². The molecular formula is C23H28F3N3O2. The van der Waals surface area contributed by atoms with Gasteiger partial charge in [-0.05, 0) is 23.6 Å². The number of hydrogen-bond donors (Lipinski definition) is 2. The lowest BCUT2D eigenvalue weighted by Crippen LogP contribution is -2.43. The molecule has 1 heterocycles. The quantitative estimate of drug-likeness (QED) is 0.594. The third kappa shape index (κ3) is 6.53. The van der Waals surface area contributed by atoms with Gasteiger partial charge in [0.1, 0.15) is 0 Å². The van der Waals surface area contributed by atoms with Crippen molar-refractivity contribution in [2.24, 2.45) is 0 Å². The van der Waals surface area contributed by atoms with Crippen molar-refractivity contribution in [1.29, 1.82) is 0 Å². The Labute approximate surface area is 180 Å². The summed E-state index contributed by atoms with van der Waals surface area (Å²) in [6.45, 7) is 2.11. The first-order chi connectivity index (χ1) is 14.9. The number of nitrogens with zero attached hydrogens (tertiary/aromatic N) is 1. The van der Waals surface area contributed by atoms with E-state index in [1.807, 2.05) is 30.3 Å². The molecule has 2 atom stereocenters. The monoisotopic (exact) mass is 435 g/mol. The Hall–Kier alpha value is -2.42. The molecule has 0 saturated carbocycles. The summed E-state index contributed by atoms with van der Waals surface area (Å²) >= 11 is 0. The molecule has 1 aliphatic heterocycles. The number of likely N-dealkylation sites (tertiary alicyclic amines) is 1. The standard InChI is InChI=1S/C23H28F3N3O2/c1-31-12-11-27-22(30)21-13-19(16-29(21)15-17-7-3-2-4-8-17)28-14-18-9-5-6-10-20(18)23(24,25)26/h2-10,19,21,28H,11-16H2,1H3,(H,27,30)/t19-,21-/m0/s1. The molecule has 0 spiro atoms. The van der Waals surface area contributed by atoms with Crippen molar-refractivity contribution in [3.8, 4) is 0 Å². The zero-order valence-corrected chi connectivity index (χ0v) is 17.5. The number of alkyl halides is 3. The van der Waals surface area contributed by atoms with E-state index in [0.717, 1.165) is 11.6 Å². The van der Waals surface area contributed by atoms with E-state index in [9.17, 15) is 18.0 Å². The number of nitrogens with one attached hydrogen (secondary N) is 2. The normalized spacial score (nSPS) is 19.5. The Morgan fingerprint density at radius 1 is 1.13 bits per heavy atom. The predicted molar refractivity (Wildman–Crippen MR) is 112 cm³/mol. The van der Waals surface area contributed by atoms with Gasteiger partial charge in [0, 0.05) is 39.3 Å². The van der Waals surface area contributed by atoms with Crippen molar-refractivity contribution in [1.82, 2.24) is 15.5 Å². The number of methoxy groups -OCH3 is 1. The molecule has 0 aromatic heterocycles. The third-order valence-corrected chi connectivity index (χ3v) is 5.44. The highest BCUT2D eigenvalue weighted by atomic mass is 19.4. The van der Waals surface area contributed by atoms with Crippen molar-refractivity contribution in [3.63, 3.8) is 0 Å². The van der Waals surface area contributed by atoms with E-state index in [-0.39, 0.29) is 30.1 Å². The van der Waals surface area contributed by atoms with Gasteiger partial charge in [-0.25, -0.2) is 0 Å². The highest BCUT2D eigenvalue weighted by molar-refractivity contribution is 5.82. The second kappa shape index (κ2) is 10.7. The Kier molecular flexibility index (Phi) is 8.06. The number of carbonyl (C=O) groups excluding carboxylic acids is 1. The lowest BCUT2D eigenvalue weighted by molar-refractivity contribution is -0.138. The topological polar surface area (TPSA) is 53.6 Å². The van der Waals surface area contributed by atoms with Crippen LogP contribution in [-0.2, 0) is 28.8 Å². The van der Waals surface area contributed by atoms with Crippen LogP contribution in [0.15, 0.2) is 54.6 Å². The van der Waals surface area contributed by atoms with Gasteiger partial charge < -0.3 is 15.4 Å². The number of carbonyl (C=O) groups is 1.